The van der Waals surface area contributed by atoms with E-state index in [0.717, 1.165) is 16.3 Å². The number of carbonyl (C=O) groups is 2. The first-order valence-corrected chi connectivity index (χ1v) is 9.99. The van der Waals surface area contributed by atoms with Gasteiger partial charge in [0.05, 0.1) is 11.8 Å². The number of hydrogen-bond acceptors (Lipinski definition) is 5. The minimum absolute atomic E-state index is 0.135. The Morgan fingerprint density at radius 1 is 0.781 bits per heavy atom. The molecule has 0 saturated heterocycles. The second kappa shape index (κ2) is 10.0. The normalized spacial score (nSPS) is 10.8. The van der Waals surface area contributed by atoms with Gasteiger partial charge >= 0.3 is 5.97 Å². The molecule has 6 nitrogen and oxygen atoms in total. The van der Waals surface area contributed by atoms with E-state index in [1.807, 2.05) is 54.6 Å². The lowest BCUT2D eigenvalue weighted by atomic mass is 10.0. The van der Waals surface area contributed by atoms with Gasteiger partial charge in [0, 0.05) is 0 Å². The lowest BCUT2D eigenvalue weighted by molar-refractivity contribution is -0.123. The molecule has 158 valence electrons. The van der Waals surface area contributed by atoms with E-state index in [9.17, 15) is 9.59 Å². The lowest BCUT2D eigenvalue weighted by Gasteiger charge is -2.07. The van der Waals surface area contributed by atoms with Crippen LogP contribution in [0, 0.1) is 0 Å². The maximum absolute atomic E-state index is 12.6. The zero-order chi connectivity index (χ0) is 22.2. The molecule has 0 aromatic heterocycles. The Bertz CT molecular complexity index is 1250. The van der Waals surface area contributed by atoms with Gasteiger partial charge in [-0.05, 0) is 58.8 Å². The lowest BCUT2D eigenvalue weighted by Crippen LogP contribution is -2.24. The zero-order valence-electron chi connectivity index (χ0n) is 17.1. The molecular weight excluding hydrogens is 404 g/mol. The molecule has 32 heavy (non-hydrogen) atoms. The van der Waals surface area contributed by atoms with Crippen LogP contribution in [-0.4, -0.2) is 24.7 Å². The summed E-state index contributed by atoms with van der Waals surface area (Å²) in [5, 5.41) is 5.73. The number of esters is 1. The van der Waals surface area contributed by atoms with Crippen LogP contribution < -0.4 is 14.9 Å². The highest BCUT2D eigenvalue weighted by atomic mass is 16.5. The number of benzene rings is 4. The van der Waals surface area contributed by atoms with Crippen molar-refractivity contribution < 1.29 is 19.1 Å². The number of nitrogens with zero attached hydrogens (tertiary/aromatic N) is 1. The van der Waals surface area contributed by atoms with E-state index in [-0.39, 0.29) is 12.5 Å². The fraction of sp³-hybridized carbons (Fsp3) is 0.0385. The highest BCUT2D eigenvalue weighted by Gasteiger charge is 2.12. The Labute approximate surface area is 185 Å². The first-order chi connectivity index (χ1) is 15.7. The number of hydrogen-bond donors (Lipinski definition) is 1. The van der Waals surface area contributed by atoms with Gasteiger partial charge in [-0.25, -0.2) is 10.2 Å². The van der Waals surface area contributed by atoms with E-state index in [1.54, 1.807) is 42.5 Å². The van der Waals surface area contributed by atoms with Gasteiger partial charge in [-0.1, -0.05) is 54.6 Å². The highest BCUT2D eigenvalue weighted by molar-refractivity contribution is 6.05. The third kappa shape index (κ3) is 5.37. The topological polar surface area (TPSA) is 77.0 Å². The van der Waals surface area contributed by atoms with Crippen LogP contribution in [0.2, 0.25) is 0 Å². The minimum atomic E-state index is -0.422. The summed E-state index contributed by atoms with van der Waals surface area (Å²) in [6.07, 6.45) is 1.50. The smallest absolute Gasteiger partial charge is 0.344 e. The van der Waals surface area contributed by atoms with Crippen LogP contribution in [0.15, 0.2) is 102 Å². The number of amides is 1. The van der Waals surface area contributed by atoms with Crippen LogP contribution in [0.1, 0.15) is 15.9 Å². The summed E-state index contributed by atoms with van der Waals surface area (Å²) < 4.78 is 10.9. The molecule has 4 aromatic carbocycles. The summed E-state index contributed by atoms with van der Waals surface area (Å²) in [6, 6.07) is 29.1. The third-order valence-electron chi connectivity index (χ3n) is 4.62. The largest absolute Gasteiger partial charge is 0.484 e. The third-order valence-corrected chi connectivity index (χ3v) is 4.62. The maximum Gasteiger partial charge on any atom is 0.344 e. The summed E-state index contributed by atoms with van der Waals surface area (Å²) >= 11 is 0. The average molecular weight is 424 g/mol. The van der Waals surface area contributed by atoms with Crippen molar-refractivity contribution in [2.45, 2.75) is 0 Å². The SMILES string of the molecule is O=C(COc1ccccc1)NN=Cc1ccc(OC(=O)c2cccc3ccccc23)cc1. The van der Waals surface area contributed by atoms with Crippen molar-refractivity contribution in [3.8, 4) is 11.5 Å². The molecule has 0 saturated carbocycles. The Morgan fingerprint density at radius 3 is 2.31 bits per heavy atom. The molecule has 0 aliphatic rings. The van der Waals surface area contributed by atoms with Crippen molar-refractivity contribution in [2.75, 3.05) is 6.61 Å². The summed E-state index contributed by atoms with van der Waals surface area (Å²) in [7, 11) is 0. The van der Waals surface area contributed by atoms with Crippen LogP contribution >= 0.6 is 0 Å². The van der Waals surface area contributed by atoms with Crippen molar-refractivity contribution in [3.63, 3.8) is 0 Å². The van der Waals surface area contributed by atoms with Crippen molar-refractivity contribution in [1.29, 1.82) is 0 Å². The monoisotopic (exact) mass is 424 g/mol. The minimum Gasteiger partial charge on any atom is -0.484 e. The van der Waals surface area contributed by atoms with E-state index < -0.39 is 5.97 Å². The van der Waals surface area contributed by atoms with E-state index >= 15 is 0 Å². The predicted molar refractivity (Wildman–Crippen MR) is 123 cm³/mol. The van der Waals surface area contributed by atoms with Crippen molar-refractivity contribution in [3.05, 3.63) is 108 Å². The number of ether oxygens (including phenoxy) is 2. The second-order valence-electron chi connectivity index (χ2n) is 6.88. The molecule has 0 radical (unpaired) electrons. The number of carbonyl (C=O) groups excluding carboxylic acids is 2. The average Bonchev–Trinajstić information content (AvgIpc) is 2.84. The van der Waals surface area contributed by atoms with Gasteiger partial charge in [0.15, 0.2) is 6.61 Å². The number of rotatable bonds is 7. The van der Waals surface area contributed by atoms with E-state index in [0.29, 0.717) is 17.1 Å². The van der Waals surface area contributed by atoms with Gasteiger partial charge < -0.3 is 9.47 Å². The van der Waals surface area contributed by atoms with Gasteiger partial charge in [-0.2, -0.15) is 5.10 Å². The van der Waals surface area contributed by atoms with Gasteiger partial charge in [0.2, 0.25) is 0 Å². The van der Waals surface area contributed by atoms with Gasteiger partial charge in [-0.15, -0.1) is 0 Å². The molecule has 0 bridgehead atoms. The molecule has 0 fully saturated rings. The predicted octanol–water partition coefficient (Wildman–Crippen LogP) is 4.59. The van der Waals surface area contributed by atoms with E-state index in [2.05, 4.69) is 10.5 Å². The Kier molecular flexibility index (Phi) is 6.53. The van der Waals surface area contributed by atoms with E-state index in [4.69, 9.17) is 9.47 Å². The van der Waals surface area contributed by atoms with Crippen molar-refractivity contribution >= 4 is 28.9 Å². The van der Waals surface area contributed by atoms with Gasteiger partial charge in [-0.3, -0.25) is 4.79 Å². The first kappa shape index (κ1) is 20.8. The summed E-state index contributed by atoms with van der Waals surface area (Å²) in [6.45, 7) is -0.135. The standard InChI is InChI=1S/C26H20N2O4/c29-25(18-31-21-9-2-1-3-10-21)28-27-17-19-13-15-22(16-14-19)32-26(30)24-12-6-8-20-7-4-5-11-23(20)24/h1-17H,18H2,(H,28,29). The van der Waals surface area contributed by atoms with Crippen LogP contribution in [0.5, 0.6) is 11.5 Å². The molecule has 6 heteroatoms. The molecule has 0 spiro atoms. The molecule has 0 heterocycles. The maximum atomic E-state index is 12.6. The molecule has 0 aliphatic heterocycles. The summed E-state index contributed by atoms with van der Waals surface area (Å²) in [5.74, 6) is 0.236. The number of fused-ring (bicyclic) bond motifs is 1. The van der Waals surface area contributed by atoms with E-state index in [1.165, 1.54) is 6.21 Å². The van der Waals surface area contributed by atoms with Crippen LogP contribution in [0.4, 0.5) is 0 Å². The Balaban J connectivity index is 1.31. The number of para-hydroxylation sites is 1. The summed E-state index contributed by atoms with van der Waals surface area (Å²) in [5.41, 5.74) is 3.65. The van der Waals surface area contributed by atoms with Gasteiger partial charge in [0.1, 0.15) is 11.5 Å². The summed E-state index contributed by atoms with van der Waals surface area (Å²) in [4.78, 5) is 24.4. The van der Waals surface area contributed by atoms with Crippen molar-refractivity contribution in [1.82, 2.24) is 5.43 Å². The van der Waals surface area contributed by atoms with Gasteiger partial charge in [0.25, 0.3) is 5.91 Å². The highest BCUT2D eigenvalue weighted by Crippen LogP contribution is 2.21. The van der Waals surface area contributed by atoms with Crippen LogP contribution in [0.3, 0.4) is 0 Å². The molecule has 0 aliphatic carbocycles. The van der Waals surface area contributed by atoms with Crippen LogP contribution in [0.25, 0.3) is 10.8 Å². The van der Waals surface area contributed by atoms with Crippen LogP contribution in [-0.2, 0) is 4.79 Å². The second-order valence-corrected chi connectivity index (χ2v) is 6.88. The fourth-order valence-electron chi connectivity index (χ4n) is 3.06. The molecular formula is C26H20N2O4. The first-order valence-electron chi connectivity index (χ1n) is 9.99. The molecule has 0 atom stereocenters. The number of hydrazone groups is 1. The molecule has 1 N–H and O–H groups in total. The Morgan fingerprint density at radius 2 is 1.50 bits per heavy atom. The van der Waals surface area contributed by atoms with Crippen molar-refractivity contribution in [2.24, 2.45) is 5.10 Å². The zero-order valence-corrected chi connectivity index (χ0v) is 17.1. The molecule has 0 unspecified atom stereocenters. The quantitative estimate of drug-likeness (QED) is 0.204. The molecule has 4 aromatic rings. The molecule has 1 amide bonds. The molecule has 4 rings (SSSR count). The fourth-order valence-corrected chi connectivity index (χ4v) is 3.06. The number of nitrogens with one attached hydrogen (secondary N) is 1. The Hall–Kier alpha value is -4.45.